The molecule has 1 aliphatic heterocycles. The number of urea groups is 1. The number of rotatable bonds is 4. The van der Waals surface area contributed by atoms with Gasteiger partial charge in [0.25, 0.3) is 0 Å². The molecule has 0 unspecified atom stereocenters. The van der Waals surface area contributed by atoms with E-state index in [1.807, 2.05) is 36.1 Å². The molecule has 1 aliphatic rings. The fourth-order valence-corrected chi connectivity index (χ4v) is 3.22. The number of benzene rings is 1. The minimum Gasteiger partial charge on any atom is -0.496 e. The van der Waals surface area contributed by atoms with Crippen LogP contribution in [-0.2, 0) is 0 Å². The summed E-state index contributed by atoms with van der Waals surface area (Å²) < 4.78 is 10.7. The van der Waals surface area contributed by atoms with Gasteiger partial charge in [-0.25, -0.2) is 4.79 Å². The summed E-state index contributed by atoms with van der Waals surface area (Å²) in [5.41, 5.74) is 0.958. The highest BCUT2D eigenvalue weighted by Gasteiger charge is 2.29. The van der Waals surface area contributed by atoms with Crippen molar-refractivity contribution >= 4 is 6.03 Å². The standard InChI is InChI=1S/C18H24N4O3/c1-12(15-8-4-5-9-16(15)24-3)19-18(23)22-10-6-7-14(11-22)17-20-13(2)21-25-17/h4-5,8-9,12,14H,6-7,10-11H2,1-3H3,(H,19,23)/t12-,14-/m1/s1. The minimum absolute atomic E-state index is 0.0839. The fourth-order valence-electron chi connectivity index (χ4n) is 3.22. The van der Waals surface area contributed by atoms with Crippen LogP contribution in [0.15, 0.2) is 28.8 Å². The second-order valence-corrected chi connectivity index (χ2v) is 6.38. The van der Waals surface area contributed by atoms with Crippen LogP contribution in [0.3, 0.4) is 0 Å². The van der Waals surface area contributed by atoms with Crippen molar-refractivity contribution in [3.63, 3.8) is 0 Å². The molecule has 1 aromatic heterocycles. The zero-order valence-electron chi connectivity index (χ0n) is 14.9. The molecule has 2 aromatic rings. The van der Waals surface area contributed by atoms with Crippen molar-refractivity contribution in [1.29, 1.82) is 0 Å². The van der Waals surface area contributed by atoms with Gasteiger partial charge in [0.15, 0.2) is 5.82 Å². The van der Waals surface area contributed by atoms with E-state index in [1.54, 1.807) is 14.0 Å². The maximum atomic E-state index is 12.7. The molecule has 25 heavy (non-hydrogen) atoms. The summed E-state index contributed by atoms with van der Waals surface area (Å²) in [7, 11) is 1.63. The molecular formula is C18H24N4O3. The van der Waals surface area contributed by atoms with Crippen LogP contribution in [0, 0.1) is 6.92 Å². The number of para-hydroxylation sites is 1. The van der Waals surface area contributed by atoms with Gasteiger partial charge < -0.3 is 19.5 Å². The SMILES string of the molecule is COc1ccccc1[C@@H](C)NC(=O)N1CCC[C@@H](c2nc(C)no2)C1. The number of carbonyl (C=O) groups excluding carboxylic acids is 1. The van der Waals surface area contributed by atoms with E-state index in [0.717, 1.165) is 30.7 Å². The lowest BCUT2D eigenvalue weighted by Crippen LogP contribution is -2.45. The summed E-state index contributed by atoms with van der Waals surface area (Å²) in [6.45, 7) is 5.08. The highest BCUT2D eigenvalue weighted by molar-refractivity contribution is 5.75. The average molecular weight is 344 g/mol. The highest BCUT2D eigenvalue weighted by atomic mass is 16.5. The second-order valence-electron chi connectivity index (χ2n) is 6.38. The molecule has 134 valence electrons. The molecule has 1 aromatic carbocycles. The van der Waals surface area contributed by atoms with Crippen molar-refractivity contribution in [2.45, 2.75) is 38.6 Å². The van der Waals surface area contributed by atoms with Gasteiger partial charge in [0, 0.05) is 18.7 Å². The lowest BCUT2D eigenvalue weighted by molar-refractivity contribution is 0.169. The zero-order chi connectivity index (χ0) is 17.8. The Hall–Kier alpha value is -2.57. The molecular weight excluding hydrogens is 320 g/mol. The van der Waals surface area contributed by atoms with Crippen molar-refractivity contribution in [2.24, 2.45) is 0 Å². The van der Waals surface area contributed by atoms with Crippen LogP contribution in [-0.4, -0.2) is 41.3 Å². The van der Waals surface area contributed by atoms with E-state index < -0.39 is 0 Å². The van der Waals surface area contributed by atoms with E-state index in [1.165, 1.54) is 0 Å². The van der Waals surface area contributed by atoms with E-state index in [2.05, 4.69) is 15.5 Å². The first-order valence-corrected chi connectivity index (χ1v) is 8.57. The molecule has 2 atom stereocenters. The molecule has 7 nitrogen and oxygen atoms in total. The van der Waals surface area contributed by atoms with Gasteiger partial charge in [0.05, 0.1) is 19.1 Å². The van der Waals surface area contributed by atoms with E-state index in [9.17, 15) is 4.79 Å². The first-order valence-electron chi connectivity index (χ1n) is 8.57. The Morgan fingerprint density at radius 2 is 2.24 bits per heavy atom. The van der Waals surface area contributed by atoms with Gasteiger partial charge >= 0.3 is 6.03 Å². The van der Waals surface area contributed by atoms with Gasteiger partial charge in [-0.2, -0.15) is 4.98 Å². The topological polar surface area (TPSA) is 80.5 Å². The molecule has 2 amide bonds. The quantitative estimate of drug-likeness (QED) is 0.922. The predicted octanol–water partition coefficient (Wildman–Crippen LogP) is 3.04. The number of piperidine rings is 1. The number of carbonyl (C=O) groups is 1. The Morgan fingerprint density at radius 3 is 2.96 bits per heavy atom. The molecule has 0 bridgehead atoms. The number of ether oxygens (including phenoxy) is 1. The normalized spacial score (nSPS) is 18.7. The van der Waals surface area contributed by atoms with Gasteiger partial charge in [0.1, 0.15) is 5.75 Å². The van der Waals surface area contributed by atoms with Crippen molar-refractivity contribution in [3.8, 4) is 5.75 Å². The summed E-state index contributed by atoms with van der Waals surface area (Å²) in [4.78, 5) is 18.8. The molecule has 1 saturated heterocycles. The predicted molar refractivity (Wildman–Crippen MR) is 92.5 cm³/mol. The van der Waals surface area contributed by atoms with Gasteiger partial charge in [-0.1, -0.05) is 23.4 Å². The molecule has 0 aliphatic carbocycles. The number of nitrogens with zero attached hydrogens (tertiary/aromatic N) is 3. The van der Waals surface area contributed by atoms with Crippen LogP contribution in [0.2, 0.25) is 0 Å². The number of likely N-dealkylation sites (tertiary alicyclic amines) is 1. The molecule has 0 saturated carbocycles. The van der Waals surface area contributed by atoms with Crippen LogP contribution in [0.25, 0.3) is 0 Å². The van der Waals surface area contributed by atoms with Crippen LogP contribution in [0.4, 0.5) is 4.79 Å². The fraction of sp³-hybridized carbons (Fsp3) is 0.500. The van der Waals surface area contributed by atoms with Crippen LogP contribution in [0.1, 0.15) is 49.0 Å². The lowest BCUT2D eigenvalue weighted by atomic mass is 9.98. The molecule has 7 heteroatoms. The van der Waals surface area contributed by atoms with Crippen molar-refractivity contribution in [2.75, 3.05) is 20.2 Å². The van der Waals surface area contributed by atoms with E-state index in [4.69, 9.17) is 9.26 Å². The van der Waals surface area contributed by atoms with Crippen LogP contribution in [0.5, 0.6) is 5.75 Å². The summed E-state index contributed by atoms with van der Waals surface area (Å²) in [5, 5.41) is 6.91. The first-order chi connectivity index (χ1) is 12.1. The zero-order valence-corrected chi connectivity index (χ0v) is 14.9. The van der Waals surface area contributed by atoms with Gasteiger partial charge in [-0.15, -0.1) is 0 Å². The van der Waals surface area contributed by atoms with Gasteiger partial charge in [-0.3, -0.25) is 0 Å². The number of hydrogen-bond acceptors (Lipinski definition) is 5. The van der Waals surface area contributed by atoms with Crippen molar-refractivity contribution in [3.05, 3.63) is 41.5 Å². The third kappa shape index (κ3) is 3.92. The summed E-state index contributed by atoms with van der Waals surface area (Å²) in [6, 6.07) is 7.49. The largest absolute Gasteiger partial charge is 0.496 e. The summed E-state index contributed by atoms with van der Waals surface area (Å²) in [6.07, 6.45) is 1.87. The maximum Gasteiger partial charge on any atom is 0.317 e. The molecule has 1 N–H and O–H groups in total. The average Bonchev–Trinajstić information content (AvgIpc) is 3.08. The molecule has 1 fully saturated rings. The van der Waals surface area contributed by atoms with E-state index in [0.29, 0.717) is 18.3 Å². The molecule has 3 rings (SSSR count). The Kier molecular flexibility index (Phi) is 5.21. The molecule has 2 heterocycles. The first kappa shape index (κ1) is 17.3. The third-order valence-electron chi connectivity index (χ3n) is 4.55. The van der Waals surface area contributed by atoms with Crippen molar-refractivity contribution in [1.82, 2.24) is 20.4 Å². The Bertz CT molecular complexity index is 731. The number of aryl methyl sites for hydroxylation is 1. The molecule has 0 spiro atoms. The van der Waals surface area contributed by atoms with E-state index >= 15 is 0 Å². The lowest BCUT2D eigenvalue weighted by Gasteiger charge is -2.32. The summed E-state index contributed by atoms with van der Waals surface area (Å²) >= 11 is 0. The number of nitrogens with one attached hydrogen (secondary N) is 1. The number of aromatic nitrogens is 2. The Balaban J connectivity index is 1.64. The van der Waals surface area contributed by atoms with Gasteiger partial charge in [0.2, 0.25) is 5.89 Å². The highest BCUT2D eigenvalue weighted by Crippen LogP contribution is 2.27. The summed E-state index contributed by atoms with van der Waals surface area (Å²) in [5.74, 6) is 2.12. The van der Waals surface area contributed by atoms with Crippen LogP contribution < -0.4 is 10.1 Å². The number of amides is 2. The monoisotopic (exact) mass is 344 g/mol. The van der Waals surface area contributed by atoms with Crippen molar-refractivity contribution < 1.29 is 14.1 Å². The Labute approximate surface area is 147 Å². The number of hydrogen-bond donors (Lipinski definition) is 1. The number of methoxy groups -OCH3 is 1. The minimum atomic E-state index is -0.144. The van der Waals surface area contributed by atoms with Crippen LogP contribution >= 0.6 is 0 Å². The van der Waals surface area contributed by atoms with E-state index in [-0.39, 0.29) is 18.0 Å². The molecule has 0 radical (unpaired) electrons. The Morgan fingerprint density at radius 1 is 1.44 bits per heavy atom. The maximum absolute atomic E-state index is 12.7. The smallest absolute Gasteiger partial charge is 0.317 e. The third-order valence-corrected chi connectivity index (χ3v) is 4.55. The van der Waals surface area contributed by atoms with Gasteiger partial charge in [-0.05, 0) is 32.8 Å². The second kappa shape index (κ2) is 7.55.